The van der Waals surface area contributed by atoms with E-state index in [1.54, 1.807) is 0 Å². The normalized spacial score (nSPS) is 36.0. The SMILES string of the molecule is Cc1cc(CCNC(=O)C23CC4CC(CC(C4)C2)C3)c(C)n1C1CC1. The molecular weight excluding hydrogens is 308 g/mol. The van der Waals surface area contributed by atoms with Gasteiger partial charge in [-0.1, -0.05) is 0 Å². The van der Waals surface area contributed by atoms with Gasteiger partial charge >= 0.3 is 0 Å². The summed E-state index contributed by atoms with van der Waals surface area (Å²) in [5.41, 5.74) is 4.24. The Morgan fingerprint density at radius 2 is 1.72 bits per heavy atom. The summed E-state index contributed by atoms with van der Waals surface area (Å²) in [4.78, 5) is 13.0. The maximum atomic E-state index is 13.0. The molecule has 25 heavy (non-hydrogen) atoms. The van der Waals surface area contributed by atoms with Gasteiger partial charge in [0.2, 0.25) is 5.91 Å². The van der Waals surface area contributed by atoms with Crippen LogP contribution in [-0.2, 0) is 11.2 Å². The van der Waals surface area contributed by atoms with E-state index in [-0.39, 0.29) is 5.41 Å². The zero-order chi connectivity index (χ0) is 17.2. The highest BCUT2D eigenvalue weighted by Gasteiger charge is 2.54. The lowest BCUT2D eigenvalue weighted by molar-refractivity contribution is -0.146. The van der Waals surface area contributed by atoms with Crippen molar-refractivity contribution in [2.75, 3.05) is 6.54 Å². The molecule has 5 fully saturated rings. The Balaban J connectivity index is 1.22. The second kappa shape index (κ2) is 5.62. The van der Waals surface area contributed by atoms with Crippen LogP contribution in [0.25, 0.3) is 0 Å². The van der Waals surface area contributed by atoms with Crippen LogP contribution >= 0.6 is 0 Å². The fourth-order valence-corrected chi connectivity index (χ4v) is 6.88. The van der Waals surface area contributed by atoms with E-state index in [4.69, 9.17) is 0 Å². The van der Waals surface area contributed by atoms with Gasteiger partial charge in [0.05, 0.1) is 0 Å². The smallest absolute Gasteiger partial charge is 0.226 e. The second-order valence-corrected chi connectivity index (χ2v) is 9.70. The Bertz CT molecular complexity index is 662. The van der Waals surface area contributed by atoms with Gasteiger partial charge in [0.15, 0.2) is 0 Å². The zero-order valence-electron chi connectivity index (χ0n) is 15.8. The van der Waals surface area contributed by atoms with E-state index < -0.39 is 0 Å². The first kappa shape index (κ1) is 16.0. The van der Waals surface area contributed by atoms with E-state index in [2.05, 4.69) is 29.8 Å². The Labute approximate surface area is 151 Å². The molecular formula is C22H32N2O. The van der Waals surface area contributed by atoms with Crippen LogP contribution in [0, 0.1) is 37.0 Å². The average molecular weight is 341 g/mol. The van der Waals surface area contributed by atoms with Gasteiger partial charge in [-0.15, -0.1) is 0 Å². The highest BCUT2D eigenvalue weighted by molar-refractivity contribution is 5.83. The third kappa shape index (κ3) is 2.65. The molecule has 1 N–H and O–H groups in total. The highest BCUT2D eigenvalue weighted by Crippen LogP contribution is 2.60. The number of nitrogens with zero attached hydrogens (tertiary/aromatic N) is 1. The molecule has 5 aliphatic rings. The van der Waals surface area contributed by atoms with Crippen molar-refractivity contribution in [1.29, 1.82) is 0 Å². The van der Waals surface area contributed by atoms with Gasteiger partial charge in [0.25, 0.3) is 0 Å². The molecule has 0 aliphatic heterocycles. The summed E-state index contributed by atoms with van der Waals surface area (Å²) >= 11 is 0. The molecule has 3 nitrogen and oxygen atoms in total. The number of aromatic nitrogens is 1. The summed E-state index contributed by atoms with van der Waals surface area (Å²) in [5.74, 6) is 2.90. The number of carbonyl (C=O) groups is 1. The Morgan fingerprint density at radius 3 is 2.28 bits per heavy atom. The minimum Gasteiger partial charge on any atom is -0.355 e. The van der Waals surface area contributed by atoms with Crippen molar-refractivity contribution in [2.24, 2.45) is 23.2 Å². The fourth-order valence-electron chi connectivity index (χ4n) is 6.88. The summed E-state index contributed by atoms with van der Waals surface area (Å²) in [7, 11) is 0. The number of amides is 1. The predicted molar refractivity (Wildman–Crippen MR) is 99.5 cm³/mol. The van der Waals surface area contributed by atoms with Crippen molar-refractivity contribution < 1.29 is 4.79 Å². The van der Waals surface area contributed by atoms with Gasteiger partial charge in [-0.2, -0.15) is 0 Å². The third-order valence-electron chi connectivity index (χ3n) is 7.70. The van der Waals surface area contributed by atoms with Gasteiger partial charge in [0.1, 0.15) is 0 Å². The van der Waals surface area contributed by atoms with Crippen molar-refractivity contribution in [1.82, 2.24) is 9.88 Å². The quantitative estimate of drug-likeness (QED) is 0.851. The maximum absolute atomic E-state index is 13.0. The molecule has 0 unspecified atom stereocenters. The lowest BCUT2D eigenvalue weighted by Gasteiger charge is -2.55. The molecule has 6 rings (SSSR count). The van der Waals surface area contributed by atoms with Crippen LogP contribution < -0.4 is 5.32 Å². The highest BCUT2D eigenvalue weighted by atomic mass is 16.2. The lowest BCUT2D eigenvalue weighted by atomic mass is 9.49. The minimum absolute atomic E-state index is 0.000342. The Morgan fingerprint density at radius 1 is 1.12 bits per heavy atom. The molecule has 136 valence electrons. The van der Waals surface area contributed by atoms with E-state index in [0.717, 1.165) is 36.8 Å². The molecule has 5 saturated carbocycles. The van der Waals surface area contributed by atoms with Crippen LogP contribution in [0.1, 0.15) is 74.4 Å². The molecule has 1 aromatic rings. The minimum atomic E-state index is -0.000342. The first-order chi connectivity index (χ1) is 12.0. The Kier molecular flexibility index (Phi) is 3.59. The number of nitrogens with one attached hydrogen (secondary N) is 1. The molecule has 0 atom stereocenters. The molecule has 1 amide bonds. The maximum Gasteiger partial charge on any atom is 0.226 e. The van der Waals surface area contributed by atoms with Crippen LogP contribution in [0.4, 0.5) is 0 Å². The molecule has 1 aromatic heterocycles. The fraction of sp³-hybridized carbons (Fsp3) is 0.773. The van der Waals surface area contributed by atoms with Crippen LogP contribution in [0.5, 0.6) is 0 Å². The standard InChI is InChI=1S/C22H32N2O/c1-14-7-19(15(2)24(14)20-3-4-20)5-6-23-21(25)22-11-16-8-17(12-22)10-18(9-16)13-22/h7,16-18,20H,3-6,8-13H2,1-2H3,(H,23,25). The van der Waals surface area contributed by atoms with Gasteiger partial charge < -0.3 is 9.88 Å². The van der Waals surface area contributed by atoms with Crippen molar-refractivity contribution in [3.63, 3.8) is 0 Å². The van der Waals surface area contributed by atoms with Gasteiger partial charge in [-0.05, 0) is 101 Å². The molecule has 4 bridgehead atoms. The summed E-state index contributed by atoms with van der Waals surface area (Å²) in [6.45, 7) is 5.28. The van der Waals surface area contributed by atoms with Crippen LogP contribution in [0.3, 0.4) is 0 Å². The first-order valence-corrected chi connectivity index (χ1v) is 10.5. The van der Waals surface area contributed by atoms with Crippen molar-refractivity contribution >= 4 is 5.91 Å². The number of carbonyl (C=O) groups excluding carboxylic acids is 1. The summed E-state index contributed by atoms with van der Waals surface area (Å²) in [6.07, 6.45) is 11.4. The molecule has 0 saturated heterocycles. The van der Waals surface area contributed by atoms with E-state index in [9.17, 15) is 4.79 Å². The summed E-state index contributed by atoms with van der Waals surface area (Å²) in [5, 5.41) is 3.34. The lowest BCUT2D eigenvalue weighted by Crippen LogP contribution is -2.53. The predicted octanol–water partition coefficient (Wildman–Crippen LogP) is 4.31. The summed E-state index contributed by atoms with van der Waals surface area (Å²) < 4.78 is 2.51. The van der Waals surface area contributed by atoms with Crippen molar-refractivity contribution in [3.05, 3.63) is 23.0 Å². The average Bonchev–Trinajstić information content (AvgIpc) is 3.33. The van der Waals surface area contributed by atoms with Gasteiger partial charge in [-0.3, -0.25) is 4.79 Å². The number of hydrogen-bond donors (Lipinski definition) is 1. The number of hydrogen-bond acceptors (Lipinski definition) is 1. The number of rotatable bonds is 5. The topological polar surface area (TPSA) is 34.0 Å². The van der Waals surface area contributed by atoms with Crippen molar-refractivity contribution in [2.45, 2.75) is 77.7 Å². The second-order valence-electron chi connectivity index (χ2n) is 9.70. The monoisotopic (exact) mass is 340 g/mol. The van der Waals surface area contributed by atoms with Gasteiger partial charge in [-0.25, -0.2) is 0 Å². The number of aryl methyl sites for hydroxylation is 1. The molecule has 0 spiro atoms. The Hall–Kier alpha value is -1.25. The summed E-state index contributed by atoms with van der Waals surface area (Å²) in [6, 6.07) is 3.08. The molecule has 0 aromatic carbocycles. The molecule has 1 heterocycles. The molecule has 5 aliphatic carbocycles. The van der Waals surface area contributed by atoms with E-state index in [1.165, 1.54) is 68.3 Å². The zero-order valence-corrected chi connectivity index (χ0v) is 15.8. The largest absolute Gasteiger partial charge is 0.355 e. The van der Waals surface area contributed by atoms with Gasteiger partial charge in [0, 0.05) is 29.4 Å². The van der Waals surface area contributed by atoms with E-state index in [1.807, 2.05) is 0 Å². The van der Waals surface area contributed by atoms with E-state index in [0.29, 0.717) is 5.91 Å². The first-order valence-electron chi connectivity index (χ1n) is 10.5. The van der Waals surface area contributed by atoms with Crippen LogP contribution in [-0.4, -0.2) is 17.0 Å². The molecule has 0 radical (unpaired) electrons. The van der Waals surface area contributed by atoms with E-state index >= 15 is 0 Å². The third-order valence-corrected chi connectivity index (χ3v) is 7.70. The van der Waals surface area contributed by atoms with Crippen LogP contribution in [0.2, 0.25) is 0 Å². The van der Waals surface area contributed by atoms with Crippen molar-refractivity contribution in [3.8, 4) is 0 Å². The molecule has 3 heteroatoms. The van der Waals surface area contributed by atoms with Crippen LogP contribution in [0.15, 0.2) is 6.07 Å².